The third-order valence-electron chi connectivity index (χ3n) is 3.23. The quantitative estimate of drug-likeness (QED) is 0.339. The number of carbonyl (C=O) groups is 2. The van der Waals surface area contributed by atoms with Gasteiger partial charge >= 0.3 is 16.8 Å². The van der Waals surface area contributed by atoms with Crippen molar-refractivity contribution in [1.29, 1.82) is 0 Å². The van der Waals surface area contributed by atoms with Gasteiger partial charge in [-0.15, -0.1) is 0 Å². The maximum absolute atomic E-state index is 12.3. The Morgan fingerprint density at radius 3 is 2.29 bits per heavy atom. The summed E-state index contributed by atoms with van der Waals surface area (Å²) in [6, 6.07) is 10.9. The Hall–Kier alpha value is -2.76. The Morgan fingerprint density at radius 2 is 1.71 bits per heavy atom. The van der Waals surface area contributed by atoms with Crippen molar-refractivity contribution in [2.45, 2.75) is 13.0 Å². The molecule has 2 aromatic rings. The average molecular weight is 449 g/mol. The Bertz CT molecular complexity index is 980. The minimum atomic E-state index is -3.52. The molecule has 0 aliphatic carbocycles. The van der Waals surface area contributed by atoms with Crippen LogP contribution in [-0.4, -0.2) is 37.5 Å². The number of nitrogens with zero attached hydrogens (tertiary/aromatic N) is 2. The van der Waals surface area contributed by atoms with Gasteiger partial charge in [0, 0.05) is 5.69 Å². The standard InChI is InChI=1S/C17H18N4O5S.Co/c1-11(22)16(17(24)18-12-6-4-3-5-7-12)20-19-14-10-13(8-9-15(14)23)21-27(2,25)26;/h3-10,16,21,23H,1-2H3,(H,18,24);/q;+2. The van der Waals surface area contributed by atoms with Crippen molar-refractivity contribution < 1.29 is 39.9 Å². The number of phenols is 1. The van der Waals surface area contributed by atoms with Gasteiger partial charge in [-0.05, 0) is 37.3 Å². The number of nitrogens with one attached hydrogen (secondary N) is 2. The molecule has 3 N–H and O–H groups in total. The van der Waals surface area contributed by atoms with E-state index in [0.29, 0.717) is 5.69 Å². The van der Waals surface area contributed by atoms with Gasteiger partial charge in [0.15, 0.2) is 5.78 Å². The molecule has 0 saturated carbocycles. The van der Waals surface area contributed by atoms with Crippen LogP contribution in [0, 0.1) is 0 Å². The van der Waals surface area contributed by atoms with Crippen molar-refractivity contribution in [3.05, 3.63) is 48.5 Å². The van der Waals surface area contributed by atoms with E-state index in [9.17, 15) is 23.1 Å². The fourth-order valence-electron chi connectivity index (χ4n) is 2.05. The number of amides is 1. The van der Waals surface area contributed by atoms with Gasteiger partial charge < -0.3 is 10.4 Å². The molecule has 1 unspecified atom stereocenters. The number of hydrogen-bond acceptors (Lipinski definition) is 7. The van der Waals surface area contributed by atoms with Crippen LogP contribution >= 0.6 is 0 Å². The number of rotatable bonds is 7. The molecule has 9 nitrogen and oxygen atoms in total. The predicted molar refractivity (Wildman–Crippen MR) is 101 cm³/mol. The molecular weight excluding hydrogens is 431 g/mol. The summed E-state index contributed by atoms with van der Waals surface area (Å²) in [5, 5.41) is 19.8. The van der Waals surface area contributed by atoms with Crippen molar-refractivity contribution in [3.63, 3.8) is 0 Å². The molecule has 0 heterocycles. The molecule has 0 aliphatic heterocycles. The molecule has 28 heavy (non-hydrogen) atoms. The topological polar surface area (TPSA) is 137 Å². The molecule has 2 rings (SSSR count). The maximum Gasteiger partial charge on any atom is 2.00 e. The van der Waals surface area contributed by atoms with Crippen LogP contribution in [-0.2, 0) is 36.4 Å². The van der Waals surface area contributed by atoms with E-state index >= 15 is 0 Å². The van der Waals surface area contributed by atoms with Crippen LogP contribution in [0.15, 0.2) is 58.8 Å². The summed E-state index contributed by atoms with van der Waals surface area (Å²) < 4.78 is 24.8. The molecular formula is C17H18CoN4O5S+2. The fourth-order valence-corrected chi connectivity index (χ4v) is 2.61. The van der Waals surface area contributed by atoms with Crippen LogP contribution in [0.2, 0.25) is 0 Å². The van der Waals surface area contributed by atoms with E-state index in [1.807, 2.05) is 0 Å². The third-order valence-corrected chi connectivity index (χ3v) is 3.84. The summed E-state index contributed by atoms with van der Waals surface area (Å²) in [7, 11) is -3.52. The number of azo groups is 1. The first-order valence-corrected chi connectivity index (χ1v) is 9.63. The Morgan fingerprint density at radius 1 is 1.07 bits per heavy atom. The second kappa shape index (κ2) is 9.97. The van der Waals surface area contributed by atoms with Gasteiger partial charge in [-0.25, -0.2) is 8.42 Å². The van der Waals surface area contributed by atoms with Crippen molar-refractivity contribution in [3.8, 4) is 5.75 Å². The molecule has 0 spiro atoms. The molecule has 0 bridgehead atoms. The van der Waals surface area contributed by atoms with Crippen LogP contribution in [0.5, 0.6) is 5.75 Å². The number of anilines is 2. The van der Waals surface area contributed by atoms with Gasteiger partial charge in [-0.3, -0.25) is 14.3 Å². The van der Waals surface area contributed by atoms with Gasteiger partial charge in [0.2, 0.25) is 16.1 Å². The Labute approximate surface area is 172 Å². The molecule has 0 fully saturated rings. The number of phenolic OH excluding ortho intramolecular Hbond substituents is 1. The van der Waals surface area contributed by atoms with E-state index in [-0.39, 0.29) is 33.9 Å². The van der Waals surface area contributed by atoms with E-state index in [0.717, 1.165) is 6.26 Å². The fraction of sp³-hybridized carbons (Fsp3) is 0.176. The first-order chi connectivity index (χ1) is 12.7. The molecule has 1 radical (unpaired) electrons. The smallest absolute Gasteiger partial charge is 0.506 e. The second-order valence-corrected chi connectivity index (χ2v) is 7.41. The third kappa shape index (κ3) is 7.10. The zero-order valence-corrected chi connectivity index (χ0v) is 16.8. The molecule has 0 aliphatic rings. The zero-order chi connectivity index (χ0) is 20.0. The van der Waals surface area contributed by atoms with Crippen LogP contribution in [0.3, 0.4) is 0 Å². The van der Waals surface area contributed by atoms with E-state index in [2.05, 4.69) is 20.3 Å². The first-order valence-electron chi connectivity index (χ1n) is 7.74. The summed E-state index contributed by atoms with van der Waals surface area (Å²) in [6.07, 6.45) is 0.973. The molecule has 0 saturated heterocycles. The normalized spacial score (nSPS) is 12.1. The van der Waals surface area contributed by atoms with Crippen LogP contribution < -0.4 is 10.0 Å². The average Bonchev–Trinajstić information content (AvgIpc) is 2.57. The van der Waals surface area contributed by atoms with Gasteiger partial charge in [0.05, 0.1) is 11.9 Å². The minimum absolute atomic E-state index is 0. The summed E-state index contributed by atoms with van der Waals surface area (Å²) >= 11 is 0. The molecule has 0 aromatic heterocycles. The Balaban J connectivity index is 0.00000392. The number of benzene rings is 2. The van der Waals surface area contributed by atoms with Crippen LogP contribution in [0.25, 0.3) is 0 Å². The van der Waals surface area contributed by atoms with E-state index in [4.69, 9.17) is 0 Å². The first kappa shape index (κ1) is 23.3. The maximum atomic E-state index is 12.3. The van der Waals surface area contributed by atoms with Crippen LogP contribution in [0.4, 0.5) is 17.1 Å². The van der Waals surface area contributed by atoms with Gasteiger partial charge in [0.1, 0.15) is 11.4 Å². The van der Waals surface area contributed by atoms with Gasteiger partial charge in [-0.2, -0.15) is 10.2 Å². The summed E-state index contributed by atoms with van der Waals surface area (Å²) in [5.74, 6) is -1.51. The van der Waals surface area contributed by atoms with Crippen LogP contribution in [0.1, 0.15) is 6.92 Å². The molecule has 2 aromatic carbocycles. The zero-order valence-electron chi connectivity index (χ0n) is 14.9. The number of aromatic hydroxyl groups is 1. The minimum Gasteiger partial charge on any atom is -0.506 e. The van der Waals surface area contributed by atoms with E-state index in [1.54, 1.807) is 30.3 Å². The van der Waals surface area contributed by atoms with E-state index < -0.39 is 27.8 Å². The largest absolute Gasteiger partial charge is 2.00 e. The predicted octanol–water partition coefficient (Wildman–Crippen LogP) is 2.44. The molecule has 1 atom stereocenters. The SMILES string of the molecule is CC(=O)C(N=Nc1cc(NS(C)(=O)=O)ccc1O)C(=O)Nc1ccccc1.[Co+2]. The number of carbonyl (C=O) groups excluding carboxylic acids is 2. The summed E-state index contributed by atoms with van der Waals surface area (Å²) in [6.45, 7) is 1.19. The summed E-state index contributed by atoms with van der Waals surface area (Å²) in [4.78, 5) is 24.0. The van der Waals surface area contributed by atoms with E-state index in [1.165, 1.54) is 25.1 Å². The van der Waals surface area contributed by atoms with Crippen molar-refractivity contribution in [2.75, 3.05) is 16.3 Å². The number of ketones is 1. The van der Waals surface area contributed by atoms with Crippen molar-refractivity contribution in [1.82, 2.24) is 0 Å². The monoisotopic (exact) mass is 449 g/mol. The Kier molecular flexibility index (Phi) is 8.28. The van der Waals surface area contributed by atoms with Crippen molar-refractivity contribution >= 4 is 38.8 Å². The van der Waals surface area contributed by atoms with Gasteiger partial charge in [-0.1, -0.05) is 18.2 Å². The second-order valence-electron chi connectivity index (χ2n) is 5.66. The number of Topliss-reactive ketones (excluding diaryl/α,β-unsaturated/α-hetero) is 1. The van der Waals surface area contributed by atoms with Gasteiger partial charge in [0.25, 0.3) is 5.91 Å². The number of para-hydroxylation sites is 1. The molecule has 1 amide bonds. The number of sulfonamides is 1. The molecule has 11 heteroatoms. The summed E-state index contributed by atoms with van der Waals surface area (Å²) in [5.41, 5.74) is 0.547. The van der Waals surface area contributed by atoms with Crippen molar-refractivity contribution in [2.24, 2.45) is 10.2 Å². The molecule has 149 valence electrons. The number of hydrogen-bond donors (Lipinski definition) is 3.